The third-order valence-corrected chi connectivity index (χ3v) is 7.47. The first kappa shape index (κ1) is 26.3. The number of nitrogens with zero attached hydrogens (tertiary/aromatic N) is 5. The largest absolute Gasteiger partial charge is 0.392 e. The summed E-state index contributed by atoms with van der Waals surface area (Å²) in [6.07, 6.45) is 3.63. The van der Waals surface area contributed by atoms with Gasteiger partial charge in [-0.1, -0.05) is 24.2 Å². The molecule has 2 N–H and O–H groups in total. The lowest BCUT2D eigenvalue weighted by Crippen LogP contribution is -2.54. The van der Waals surface area contributed by atoms with Crippen LogP contribution in [-0.4, -0.2) is 70.3 Å². The van der Waals surface area contributed by atoms with Crippen LogP contribution in [0.25, 0.3) is 0 Å². The van der Waals surface area contributed by atoms with E-state index >= 15 is 0 Å². The highest BCUT2D eigenvalue weighted by Gasteiger charge is 2.30. The maximum absolute atomic E-state index is 14.9. The average molecular weight is 533 g/mol. The maximum Gasteiger partial charge on any atom is 0.324 e. The van der Waals surface area contributed by atoms with Crippen LogP contribution in [0.2, 0.25) is 0 Å². The van der Waals surface area contributed by atoms with Crippen LogP contribution in [0.15, 0.2) is 21.8 Å². The number of rotatable bonds is 6. The molecule has 0 unspecified atom stereocenters. The Morgan fingerprint density at radius 1 is 1.16 bits per heavy atom. The summed E-state index contributed by atoms with van der Waals surface area (Å²) < 4.78 is 34.9. The number of hydrogen-bond donors (Lipinski definition) is 2. The van der Waals surface area contributed by atoms with Gasteiger partial charge in [0.1, 0.15) is 17.7 Å². The maximum atomic E-state index is 14.9. The average Bonchev–Trinajstić information content (AvgIpc) is 3.39. The Kier molecular flexibility index (Phi) is 7.78. The first-order valence-electron chi connectivity index (χ1n) is 13.3. The highest BCUT2D eigenvalue weighted by Crippen LogP contribution is 2.35. The van der Waals surface area contributed by atoms with Gasteiger partial charge in [0.05, 0.1) is 30.6 Å². The minimum atomic E-state index is -0.675. The molecule has 0 radical (unpaired) electrons. The zero-order valence-electron chi connectivity index (χ0n) is 21.7. The number of carbonyl (C=O) groups excluding carboxylic acids is 1. The first-order chi connectivity index (χ1) is 18.3. The van der Waals surface area contributed by atoms with Crippen molar-refractivity contribution in [3.63, 3.8) is 0 Å². The van der Waals surface area contributed by atoms with Gasteiger partial charge in [-0.25, -0.2) is 13.6 Å². The van der Waals surface area contributed by atoms with Crippen LogP contribution in [0.3, 0.4) is 0 Å². The molecule has 0 bridgehead atoms. The standard InChI is InChI=1S/C26H34F2N6O4/c1-15(2)24-30-26(38-32-24)33-9-7-19(8-10-33)37-31-17-5-3-16(4-6-17)20-11-22(28)23(12-21(20)27)29-25(36)34-13-18(35)14-34/h11-12,15-16,18-19,35H,3-10,13-14H2,1-2H3,(H,29,36). The molecule has 3 heterocycles. The van der Waals surface area contributed by atoms with Crippen molar-refractivity contribution in [2.75, 3.05) is 36.4 Å². The zero-order chi connectivity index (χ0) is 26.8. The number of aromatic nitrogens is 2. The number of amides is 2. The summed E-state index contributed by atoms with van der Waals surface area (Å²) in [5.74, 6) is -0.429. The summed E-state index contributed by atoms with van der Waals surface area (Å²) in [5, 5.41) is 20.1. The van der Waals surface area contributed by atoms with Crippen LogP contribution in [0, 0.1) is 11.6 Å². The highest BCUT2D eigenvalue weighted by molar-refractivity contribution is 5.90. The van der Waals surface area contributed by atoms with Gasteiger partial charge in [-0.2, -0.15) is 4.98 Å². The molecule has 0 atom stereocenters. The molecule has 10 nitrogen and oxygen atoms in total. The van der Waals surface area contributed by atoms with Crippen LogP contribution < -0.4 is 10.2 Å². The molecule has 0 spiro atoms. The SMILES string of the molecule is CC(C)c1noc(N2CCC(ON=C3CCC(c4cc(F)c(NC(=O)N5CC(O)C5)cc4F)CC3)CC2)n1. The molecule has 1 aromatic heterocycles. The lowest BCUT2D eigenvalue weighted by molar-refractivity contribution is 0.0308. The highest BCUT2D eigenvalue weighted by atomic mass is 19.1. The molecule has 206 valence electrons. The molecular formula is C26H34F2N6O4. The molecule has 3 fully saturated rings. The molecule has 1 aliphatic carbocycles. The van der Waals surface area contributed by atoms with E-state index in [1.54, 1.807) is 0 Å². The van der Waals surface area contributed by atoms with E-state index in [0.717, 1.165) is 37.7 Å². The zero-order valence-corrected chi connectivity index (χ0v) is 21.7. The molecule has 3 aliphatic rings. The number of aliphatic hydroxyl groups is 1. The number of hydrogen-bond acceptors (Lipinski definition) is 8. The Hall–Kier alpha value is -3.28. The van der Waals surface area contributed by atoms with Gasteiger partial charge < -0.3 is 29.6 Å². The Morgan fingerprint density at radius 2 is 1.87 bits per heavy atom. The van der Waals surface area contributed by atoms with Crippen molar-refractivity contribution in [2.45, 2.75) is 76.4 Å². The van der Waals surface area contributed by atoms with E-state index in [9.17, 15) is 18.7 Å². The van der Waals surface area contributed by atoms with Crippen LogP contribution in [0.5, 0.6) is 0 Å². The smallest absolute Gasteiger partial charge is 0.324 e. The van der Waals surface area contributed by atoms with Crippen molar-refractivity contribution in [3.05, 3.63) is 35.2 Å². The van der Waals surface area contributed by atoms with Gasteiger partial charge in [-0.05, 0) is 43.2 Å². The summed E-state index contributed by atoms with van der Waals surface area (Å²) in [7, 11) is 0. The summed E-state index contributed by atoms with van der Waals surface area (Å²) >= 11 is 0. The second-order valence-electron chi connectivity index (χ2n) is 10.7. The number of β-amino-alcohol motifs (C(OH)–C–C–N with tert-alkyl or cyclic N) is 1. The third-order valence-electron chi connectivity index (χ3n) is 7.47. The molecule has 1 saturated carbocycles. The van der Waals surface area contributed by atoms with E-state index in [2.05, 4.69) is 25.5 Å². The van der Waals surface area contributed by atoms with E-state index in [1.165, 1.54) is 11.0 Å². The van der Waals surface area contributed by atoms with Gasteiger partial charge in [-0.3, -0.25) is 0 Å². The van der Waals surface area contributed by atoms with E-state index in [1.807, 2.05) is 13.8 Å². The van der Waals surface area contributed by atoms with Crippen molar-refractivity contribution >= 4 is 23.4 Å². The predicted octanol–water partition coefficient (Wildman–Crippen LogP) is 4.38. The third kappa shape index (κ3) is 5.90. The van der Waals surface area contributed by atoms with Gasteiger partial charge in [0.15, 0.2) is 5.82 Å². The van der Waals surface area contributed by atoms with Crippen LogP contribution in [0.1, 0.15) is 75.6 Å². The first-order valence-corrected chi connectivity index (χ1v) is 13.3. The van der Waals surface area contributed by atoms with Crippen molar-refractivity contribution in [2.24, 2.45) is 5.16 Å². The number of aliphatic hydroxyl groups excluding tert-OH is 1. The van der Waals surface area contributed by atoms with Gasteiger partial charge >= 0.3 is 12.0 Å². The predicted molar refractivity (Wildman–Crippen MR) is 136 cm³/mol. The Morgan fingerprint density at radius 3 is 2.50 bits per heavy atom. The molecule has 5 rings (SSSR count). The van der Waals surface area contributed by atoms with Crippen LogP contribution >= 0.6 is 0 Å². The molecule has 38 heavy (non-hydrogen) atoms. The van der Waals surface area contributed by atoms with E-state index in [4.69, 9.17) is 9.36 Å². The monoisotopic (exact) mass is 532 g/mol. The van der Waals surface area contributed by atoms with Crippen molar-refractivity contribution in [3.8, 4) is 0 Å². The van der Waals surface area contributed by atoms with Gasteiger partial charge in [-0.15, -0.1) is 0 Å². The number of oxime groups is 1. The van der Waals surface area contributed by atoms with Gasteiger partial charge in [0, 0.05) is 37.9 Å². The fourth-order valence-electron chi connectivity index (χ4n) is 5.03. The normalized spacial score (nSPS) is 21.0. The number of piperidine rings is 1. The van der Waals surface area contributed by atoms with Gasteiger partial charge in [0.25, 0.3) is 0 Å². The van der Waals surface area contributed by atoms with Crippen molar-refractivity contribution in [1.82, 2.24) is 15.0 Å². The number of carbonyl (C=O) groups is 1. The number of halogens is 2. The Bertz CT molecular complexity index is 1160. The molecule has 1 aromatic carbocycles. The topological polar surface area (TPSA) is 116 Å². The van der Waals surface area contributed by atoms with Gasteiger partial charge in [0.2, 0.25) is 0 Å². The molecule has 2 aromatic rings. The second-order valence-corrected chi connectivity index (χ2v) is 10.7. The lowest BCUT2D eigenvalue weighted by atomic mass is 9.83. The summed E-state index contributed by atoms with van der Waals surface area (Å²) in [6.45, 7) is 5.91. The quantitative estimate of drug-likeness (QED) is 0.531. The molecule has 2 saturated heterocycles. The molecule has 2 amide bonds. The van der Waals surface area contributed by atoms with Crippen molar-refractivity contribution in [1.29, 1.82) is 0 Å². The number of urea groups is 1. The summed E-state index contributed by atoms with van der Waals surface area (Å²) in [4.78, 5) is 25.8. The van der Waals surface area contributed by atoms with E-state index < -0.39 is 23.8 Å². The minimum Gasteiger partial charge on any atom is -0.392 e. The number of nitrogens with one attached hydrogen (secondary N) is 1. The molecule has 2 aliphatic heterocycles. The second kappa shape index (κ2) is 11.2. The summed E-state index contributed by atoms with van der Waals surface area (Å²) in [5.41, 5.74) is 1.05. The fraction of sp³-hybridized carbons (Fsp3) is 0.615. The lowest BCUT2D eigenvalue weighted by Gasteiger charge is -2.35. The number of benzene rings is 1. The van der Waals surface area contributed by atoms with Crippen LogP contribution in [0.4, 0.5) is 25.3 Å². The van der Waals surface area contributed by atoms with Crippen molar-refractivity contribution < 1.29 is 28.0 Å². The fourth-order valence-corrected chi connectivity index (χ4v) is 5.03. The molecular weight excluding hydrogens is 498 g/mol. The van der Waals surface area contributed by atoms with E-state index in [0.29, 0.717) is 43.1 Å². The minimum absolute atomic E-state index is 0.0118. The Labute approximate surface area is 220 Å². The summed E-state index contributed by atoms with van der Waals surface area (Å²) in [6, 6.07) is 2.21. The van der Waals surface area contributed by atoms with Crippen LogP contribution in [-0.2, 0) is 4.84 Å². The molecule has 12 heteroatoms. The Balaban J connectivity index is 1.09. The number of likely N-dealkylation sites (tertiary alicyclic amines) is 1. The van der Waals surface area contributed by atoms with E-state index in [-0.39, 0.29) is 36.7 Å². The number of anilines is 2.